The van der Waals surface area contributed by atoms with E-state index in [-0.39, 0.29) is 0 Å². The number of hydrogen-bond donors (Lipinski definition) is 2. The van der Waals surface area contributed by atoms with E-state index in [1.807, 2.05) is 0 Å². The van der Waals surface area contributed by atoms with Gasteiger partial charge in [-0.2, -0.15) is 0 Å². The van der Waals surface area contributed by atoms with Crippen LogP contribution in [-0.4, -0.2) is 25.7 Å². The van der Waals surface area contributed by atoms with Crippen molar-refractivity contribution in [3.05, 3.63) is 0 Å². The van der Waals surface area contributed by atoms with Crippen LogP contribution >= 0.6 is 0 Å². The fraction of sp³-hybridized carbons (Fsp3) is 1.00. The van der Waals surface area contributed by atoms with Gasteiger partial charge in [-0.25, -0.2) is 0 Å². The number of rotatable bonds is 7. The Morgan fingerprint density at radius 2 is 2.07 bits per heavy atom. The Hall–Kier alpha value is -0.0800. The first-order chi connectivity index (χ1) is 6.66. The fourth-order valence-corrected chi connectivity index (χ4v) is 2.12. The molecule has 1 atom stereocenters. The molecule has 1 aliphatic rings. The van der Waals surface area contributed by atoms with Gasteiger partial charge in [0.05, 0.1) is 0 Å². The van der Waals surface area contributed by atoms with Gasteiger partial charge in [0.25, 0.3) is 0 Å². The summed E-state index contributed by atoms with van der Waals surface area (Å²) in [5.74, 6) is 0. The molecule has 0 radical (unpaired) electrons. The van der Waals surface area contributed by atoms with Gasteiger partial charge < -0.3 is 10.6 Å². The van der Waals surface area contributed by atoms with E-state index in [2.05, 4.69) is 31.4 Å². The lowest BCUT2D eigenvalue weighted by molar-refractivity contribution is 0.156. The third kappa shape index (κ3) is 3.97. The first-order valence-corrected chi connectivity index (χ1v) is 6.10. The molecule has 2 nitrogen and oxygen atoms in total. The first kappa shape index (κ1) is 12.0. The smallest absolute Gasteiger partial charge is 0.00506 e. The second-order valence-electron chi connectivity index (χ2n) is 5.09. The van der Waals surface area contributed by atoms with E-state index in [0.717, 1.165) is 13.1 Å². The van der Waals surface area contributed by atoms with Crippen molar-refractivity contribution in [2.24, 2.45) is 5.41 Å². The first-order valence-electron chi connectivity index (χ1n) is 6.10. The second-order valence-corrected chi connectivity index (χ2v) is 5.09. The molecular weight excluding hydrogens is 172 g/mol. The number of hydrogen-bond acceptors (Lipinski definition) is 2. The highest BCUT2D eigenvalue weighted by Crippen LogP contribution is 2.39. The zero-order valence-corrected chi connectivity index (χ0v) is 10.0. The van der Waals surface area contributed by atoms with Crippen molar-refractivity contribution in [1.82, 2.24) is 10.6 Å². The average molecular weight is 198 g/mol. The predicted molar refractivity (Wildman–Crippen MR) is 62.6 cm³/mol. The SMILES string of the molecule is CCNC(C)CCNCC1(C)CCC1. The van der Waals surface area contributed by atoms with Crippen LogP contribution in [0.4, 0.5) is 0 Å². The Morgan fingerprint density at radius 3 is 2.57 bits per heavy atom. The van der Waals surface area contributed by atoms with E-state index >= 15 is 0 Å². The van der Waals surface area contributed by atoms with E-state index in [1.54, 1.807) is 0 Å². The predicted octanol–water partition coefficient (Wildman–Crippen LogP) is 2.15. The molecule has 14 heavy (non-hydrogen) atoms. The molecule has 0 bridgehead atoms. The quantitative estimate of drug-likeness (QED) is 0.613. The van der Waals surface area contributed by atoms with E-state index in [1.165, 1.54) is 32.2 Å². The molecule has 0 aromatic heterocycles. The van der Waals surface area contributed by atoms with Crippen molar-refractivity contribution in [3.63, 3.8) is 0 Å². The van der Waals surface area contributed by atoms with E-state index in [9.17, 15) is 0 Å². The maximum Gasteiger partial charge on any atom is 0.00506 e. The van der Waals surface area contributed by atoms with Crippen LogP contribution in [0.1, 0.15) is 46.5 Å². The van der Waals surface area contributed by atoms with Crippen LogP contribution in [0.5, 0.6) is 0 Å². The van der Waals surface area contributed by atoms with Crippen LogP contribution < -0.4 is 10.6 Å². The second kappa shape index (κ2) is 5.72. The maximum absolute atomic E-state index is 3.58. The Bertz CT molecular complexity index is 152. The summed E-state index contributed by atoms with van der Waals surface area (Å²) in [6.07, 6.45) is 5.52. The molecule has 1 unspecified atom stereocenters. The minimum atomic E-state index is 0.626. The van der Waals surface area contributed by atoms with Crippen LogP contribution in [0.3, 0.4) is 0 Å². The summed E-state index contributed by atoms with van der Waals surface area (Å²) in [7, 11) is 0. The molecule has 0 heterocycles. The minimum Gasteiger partial charge on any atom is -0.316 e. The van der Waals surface area contributed by atoms with Crippen molar-refractivity contribution in [3.8, 4) is 0 Å². The molecule has 84 valence electrons. The maximum atomic E-state index is 3.58. The van der Waals surface area contributed by atoms with Gasteiger partial charge in [-0.3, -0.25) is 0 Å². The zero-order chi connectivity index (χ0) is 10.4. The minimum absolute atomic E-state index is 0.626. The van der Waals surface area contributed by atoms with Gasteiger partial charge in [0.15, 0.2) is 0 Å². The van der Waals surface area contributed by atoms with Gasteiger partial charge in [-0.15, -0.1) is 0 Å². The third-order valence-corrected chi connectivity index (χ3v) is 3.42. The summed E-state index contributed by atoms with van der Waals surface area (Å²) in [5, 5.41) is 7.01. The standard InChI is InChI=1S/C12H26N2/c1-4-14-11(2)6-9-13-10-12(3)7-5-8-12/h11,13-14H,4-10H2,1-3H3. The molecule has 1 aliphatic carbocycles. The largest absolute Gasteiger partial charge is 0.316 e. The molecule has 0 spiro atoms. The van der Waals surface area contributed by atoms with Crippen LogP contribution in [0, 0.1) is 5.41 Å². The van der Waals surface area contributed by atoms with Gasteiger partial charge >= 0.3 is 0 Å². The van der Waals surface area contributed by atoms with E-state index in [4.69, 9.17) is 0 Å². The monoisotopic (exact) mass is 198 g/mol. The van der Waals surface area contributed by atoms with Gasteiger partial charge in [0, 0.05) is 12.6 Å². The summed E-state index contributed by atoms with van der Waals surface area (Å²) >= 11 is 0. The Labute approximate surface area is 88.8 Å². The third-order valence-electron chi connectivity index (χ3n) is 3.42. The van der Waals surface area contributed by atoms with Crippen LogP contribution in [0.2, 0.25) is 0 Å². The summed E-state index contributed by atoms with van der Waals surface area (Å²) in [6, 6.07) is 0.654. The highest BCUT2D eigenvalue weighted by atomic mass is 14.9. The van der Waals surface area contributed by atoms with Gasteiger partial charge in [0.2, 0.25) is 0 Å². The average Bonchev–Trinajstić information content (AvgIpc) is 2.10. The van der Waals surface area contributed by atoms with E-state index < -0.39 is 0 Å². The Kier molecular flexibility index (Phi) is 4.90. The molecule has 1 fully saturated rings. The van der Waals surface area contributed by atoms with Crippen LogP contribution in [0.15, 0.2) is 0 Å². The van der Waals surface area contributed by atoms with Gasteiger partial charge in [-0.1, -0.05) is 20.3 Å². The lowest BCUT2D eigenvalue weighted by atomic mass is 9.70. The normalized spacial score (nSPS) is 21.6. The van der Waals surface area contributed by atoms with E-state index in [0.29, 0.717) is 11.5 Å². The Morgan fingerprint density at radius 1 is 1.36 bits per heavy atom. The molecule has 1 saturated carbocycles. The Balaban J connectivity index is 1.93. The van der Waals surface area contributed by atoms with Gasteiger partial charge in [0.1, 0.15) is 0 Å². The molecule has 0 aliphatic heterocycles. The molecule has 0 saturated heterocycles. The van der Waals surface area contributed by atoms with Crippen molar-refractivity contribution in [2.45, 2.75) is 52.5 Å². The topological polar surface area (TPSA) is 24.1 Å². The molecule has 2 heteroatoms. The van der Waals surface area contributed by atoms with Crippen molar-refractivity contribution in [2.75, 3.05) is 19.6 Å². The van der Waals surface area contributed by atoms with Crippen molar-refractivity contribution < 1.29 is 0 Å². The zero-order valence-electron chi connectivity index (χ0n) is 10.0. The summed E-state index contributed by atoms with van der Waals surface area (Å²) in [6.45, 7) is 10.3. The van der Waals surface area contributed by atoms with Crippen LogP contribution in [-0.2, 0) is 0 Å². The number of nitrogens with one attached hydrogen (secondary N) is 2. The summed E-state index contributed by atoms with van der Waals surface area (Å²) in [4.78, 5) is 0. The molecule has 0 aromatic rings. The molecule has 1 rings (SSSR count). The summed E-state index contributed by atoms with van der Waals surface area (Å²) in [5.41, 5.74) is 0.626. The highest BCUT2D eigenvalue weighted by Gasteiger charge is 2.30. The van der Waals surface area contributed by atoms with Crippen LogP contribution in [0.25, 0.3) is 0 Å². The molecule has 0 amide bonds. The van der Waals surface area contributed by atoms with Crippen molar-refractivity contribution in [1.29, 1.82) is 0 Å². The summed E-state index contributed by atoms with van der Waals surface area (Å²) < 4.78 is 0. The van der Waals surface area contributed by atoms with Crippen molar-refractivity contribution >= 4 is 0 Å². The fourth-order valence-electron chi connectivity index (χ4n) is 2.12. The molecule has 2 N–H and O–H groups in total. The van der Waals surface area contributed by atoms with Gasteiger partial charge in [-0.05, 0) is 44.7 Å². The highest BCUT2D eigenvalue weighted by molar-refractivity contribution is 4.85. The lowest BCUT2D eigenvalue weighted by Crippen LogP contribution is -2.39. The molecule has 0 aromatic carbocycles. The molecular formula is C12H26N2. The lowest BCUT2D eigenvalue weighted by Gasteiger charge is -2.38.